The van der Waals surface area contributed by atoms with Gasteiger partial charge in [-0.05, 0) is 157 Å². The molecule has 0 saturated heterocycles. The van der Waals surface area contributed by atoms with Gasteiger partial charge in [-0.2, -0.15) is 0 Å². The minimum atomic E-state index is -0.552. The number of carbonyl (C=O) groups excluding carboxylic acids is 6. The minimum absolute atomic E-state index is 0.114. The van der Waals surface area contributed by atoms with Gasteiger partial charge in [0.05, 0.1) is 0 Å². The van der Waals surface area contributed by atoms with Gasteiger partial charge in [0, 0.05) is 70.7 Å². The van der Waals surface area contributed by atoms with E-state index in [2.05, 4.69) is 0 Å². The van der Waals surface area contributed by atoms with Crippen LogP contribution < -0.4 is 0 Å². The van der Waals surface area contributed by atoms with E-state index in [0.29, 0.717) is 65.7 Å². The number of halogens is 7. The van der Waals surface area contributed by atoms with Crippen LogP contribution >= 0.6 is 58.0 Å². The molecule has 0 aliphatic rings. The van der Waals surface area contributed by atoms with Crippen LogP contribution in [-0.2, 0) is 0 Å². The maximum Gasteiger partial charge on any atom is 0.252 e. The number of hydrogen-bond acceptors (Lipinski definition) is 6. The lowest BCUT2D eigenvalue weighted by molar-refractivity contribution is 0.102. The van der Waals surface area contributed by atoms with Gasteiger partial charge in [-0.25, -0.2) is 8.78 Å². The Morgan fingerprint density at radius 2 is 0.433 bits per heavy atom. The molecular weight excluding hydrogens is 960 g/mol. The first-order chi connectivity index (χ1) is 32.1. The van der Waals surface area contributed by atoms with Crippen molar-refractivity contribution in [3.63, 3.8) is 0 Å². The van der Waals surface area contributed by atoms with E-state index in [0.717, 1.165) is 5.02 Å². The van der Waals surface area contributed by atoms with E-state index >= 15 is 0 Å². The first-order valence-electron chi connectivity index (χ1n) is 19.7. The van der Waals surface area contributed by atoms with Gasteiger partial charge in [0.2, 0.25) is 0 Å². The summed E-state index contributed by atoms with van der Waals surface area (Å²) in [6, 6.07) is 52.0. The van der Waals surface area contributed by atoms with Gasteiger partial charge in [-0.3, -0.25) is 28.8 Å². The van der Waals surface area contributed by atoms with Crippen LogP contribution in [0.1, 0.15) is 84.4 Å². The highest BCUT2D eigenvalue weighted by molar-refractivity contribution is 6.68. The zero-order chi connectivity index (χ0) is 48.5. The van der Waals surface area contributed by atoms with Gasteiger partial charge in [0.15, 0.2) is 23.1 Å². The van der Waals surface area contributed by atoms with Crippen LogP contribution in [0.2, 0.25) is 15.1 Å². The van der Waals surface area contributed by atoms with E-state index in [4.69, 9.17) is 58.0 Å². The molecule has 0 aliphatic heterocycles. The predicted molar refractivity (Wildman–Crippen MR) is 261 cm³/mol. The second kappa shape index (κ2) is 25.1. The SMILES string of the molecule is Clc1ccccc1.O=C(Cl)c1ccc(C(=O)Cl)cc1.O=C(c1ccc(Cl)cc1)c1ccc(C(=O)c2ccc(Cl)cc2)cc1.O=C(c1ccc(F)cc1)c1ccc(C(=O)c2ccc(F)cc2)cc1. The second-order valence-corrected chi connectivity index (χ2v) is 15.9. The van der Waals surface area contributed by atoms with E-state index in [9.17, 15) is 37.5 Å². The molecule has 8 aromatic carbocycles. The lowest BCUT2D eigenvalue weighted by Crippen LogP contribution is -2.04. The summed E-state index contributed by atoms with van der Waals surface area (Å²) in [5, 5.41) is 0.848. The fraction of sp³-hybridized carbons (Fsp3) is 0. The lowest BCUT2D eigenvalue weighted by Gasteiger charge is -2.04. The molecule has 6 nitrogen and oxygen atoms in total. The first kappa shape index (κ1) is 51.1. The average molecular weight is 993 g/mol. The third-order valence-electron chi connectivity index (χ3n) is 9.32. The van der Waals surface area contributed by atoms with Crippen molar-refractivity contribution in [2.24, 2.45) is 0 Å². The Labute approximate surface area is 409 Å². The smallest absolute Gasteiger partial charge is 0.252 e. The van der Waals surface area contributed by atoms with Crippen LogP contribution in [-0.4, -0.2) is 33.6 Å². The molecule has 0 atom stereocenters. The Bertz CT molecular complexity index is 2620. The van der Waals surface area contributed by atoms with Crippen molar-refractivity contribution >= 4 is 91.6 Å². The van der Waals surface area contributed by atoms with Crippen molar-refractivity contribution in [3.05, 3.63) is 283 Å². The molecule has 0 bridgehead atoms. The Hall–Kier alpha value is -6.91. The quantitative estimate of drug-likeness (QED) is 0.0999. The molecule has 0 amide bonds. The van der Waals surface area contributed by atoms with Crippen LogP contribution in [0.3, 0.4) is 0 Å². The monoisotopic (exact) mass is 990 g/mol. The summed E-state index contributed by atoms with van der Waals surface area (Å²) in [5.41, 5.74) is 4.37. The van der Waals surface area contributed by atoms with Gasteiger partial charge in [-0.1, -0.05) is 102 Å². The normalized spacial score (nSPS) is 10.1. The number of carbonyl (C=O) groups is 6. The molecule has 0 spiro atoms. The summed E-state index contributed by atoms with van der Waals surface area (Å²) >= 11 is 27.6. The first-order valence-corrected chi connectivity index (χ1v) is 21.6. The molecule has 8 rings (SSSR count). The molecule has 0 aromatic heterocycles. The van der Waals surface area contributed by atoms with Crippen molar-refractivity contribution in [3.8, 4) is 0 Å². The van der Waals surface area contributed by atoms with Crippen molar-refractivity contribution in [1.29, 1.82) is 0 Å². The van der Waals surface area contributed by atoms with Gasteiger partial charge < -0.3 is 0 Å². The summed E-state index contributed by atoms with van der Waals surface area (Å²) in [6.07, 6.45) is 0. The third-order valence-corrected chi connectivity index (χ3v) is 10.5. The molecule has 67 heavy (non-hydrogen) atoms. The highest BCUT2D eigenvalue weighted by Crippen LogP contribution is 2.19. The van der Waals surface area contributed by atoms with Gasteiger partial charge >= 0.3 is 0 Å². The average Bonchev–Trinajstić information content (AvgIpc) is 3.35. The second-order valence-electron chi connectivity index (χ2n) is 13.9. The van der Waals surface area contributed by atoms with Gasteiger partial charge in [-0.15, -0.1) is 0 Å². The largest absolute Gasteiger partial charge is 0.289 e. The molecule has 334 valence electrons. The van der Waals surface area contributed by atoms with Crippen LogP contribution in [0.5, 0.6) is 0 Å². The van der Waals surface area contributed by atoms with Crippen LogP contribution in [0.15, 0.2) is 200 Å². The summed E-state index contributed by atoms with van der Waals surface area (Å²) in [4.78, 5) is 70.5. The molecule has 0 heterocycles. The standard InChI is InChI=1S/C20H12Cl2O2.C20H12F2O2.C8H4Cl2O2.C6H5Cl/c2*21-17-9-5-15(6-10-17)19(23)13-1-2-14(4-3-13)20(24)16-7-11-18(22)12-8-16;9-7(11)5-1-2-6(4-3-5)8(10)12;7-6-4-2-1-3-5-6/h2*1-12H;1-4H;1-5H. The fourth-order valence-electron chi connectivity index (χ4n) is 5.76. The number of ketones is 4. The maximum absolute atomic E-state index is 12.9. The molecule has 8 aromatic rings. The molecule has 0 aliphatic carbocycles. The Morgan fingerprint density at radius 3 is 0.627 bits per heavy atom. The molecule has 0 unspecified atom stereocenters. The number of rotatable bonds is 10. The Balaban J connectivity index is 0.000000183. The van der Waals surface area contributed by atoms with E-state index in [-0.39, 0.29) is 23.1 Å². The van der Waals surface area contributed by atoms with Crippen LogP contribution in [0, 0.1) is 11.6 Å². The van der Waals surface area contributed by atoms with Crippen molar-refractivity contribution in [2.45, 2.75) is 0 Å². The number of hydrogen-bond donors (Lipinski definition) is 0. The van der Waals surface area contributed by atoms with E-state index in [1.54, 1.807) is 97.1 Å². The molecule has 0 fully saturated rings. The summed E-state index contributed by atoms with van der Waals surface area (Å²) in [7, 11) is 0. The zero-order valence-electron chi connectivity index (χ0n) is 34.6. The maximum atomic E-state index is 12.9. The van der Waals surface area contributed by atoms with Gasteiger partial charge in [0.1, 0.15) is 11.6 Å². The van der Waals surface area contributed by atoms with Crippen molar-refractivity contribution < 1.29 is 37.5 Å². The van der Waals surface area contributed by atoms with Crippen molar-refractivity contribution in [2.75, 3.05) is 0 Å². The van der Waals surface area contributed by atoms with E-state index in [1.807, 2.05) is 30.3 Å². The van der Waals surface area contributed by atoms with Crippen LogP contribution in [0.25, 0.3) is 0 Å². The number of benzene rings is 8. The molecule has 0 saturated carbocycles. The van der Waals surface area contributed by atoms with Crippen LogP contribution in [0.4, 0.5) is 8.78 Å². The topological polar surface area (TPSA) is 102 Å². The molecular formula is C54H33Cl5F2O6. The summed E-state index contributed by atoms with van der Waals surface area (Å²) in [6.45, 7) is 0. The Kier molecular flexibility index (Phi) is 19.2. The minimum Gasteiger partial charge on any atom is -0.289 e. The predicted octanol–water partition coefficient (Wildman–Crippen LogP) is 14.7. The molecule has 13 heteroatoms. The van der Waals surface area contributed by atoms with Gasteiger partial charge in [0.25, 0.3) is 10.5 Å². The van der Waals surface area contributed by atoms with E-state index in [1.165, 1.54) is 72.8 Å². The molecule has 0 N–H and O–H groups in total. The zero-order valence-corrected chi connectivity index (χ0v) is 38.4. The van der Waals surface area contributed by atoms with Crippen molar-refractivity contribution in [1.82, 2.24) is 0 Å². The molecule has 0 radical (unpaired) electrons. The fourth-order valence-corrected chi connectivity index (χ4v) is 6.41. The third kappa shape index (κ3) is 15.6. The van der Waals surface area contributed by atoms with E-state index < -0.39 is 22.1 Å². The summed E-state index contributed by atoms with van der Waals surface area (Å²) in [5.74, 6) is -1.56. The lowest BCUT2D eigenvalue weighted by atomic mass is 9.98. The highest BCUT2D eigenvalue weighted by Gasteiger charge is 2.14. The highest BCUT2D eigenvalue weighted by atomic mass is 35.5. The summed E-state index contributed by atoms with van der Waals surface area (Å²) < 4.78 is 25.8. The Morgan fingerprint density at radius 1 is 0.254 bits per heavy atom.